The van der Waals surface area contributed by atoms with E-state index in [1.165, 1.54) is 24.2 Å². The second-order valence-electron chi connectivity index (χ2n) is 5.28. The average Bonchev–Trinajstić information content (AvgIpc) is 3.10. The number of benzene rings is 1. The molecular formula is C15H20Cl2N4OS. The van der Waals surface area contributed by atoms with Crippen LogP contribution in [0, 0.1) is 6.92 Å². The molecule has 0 amide bonds. The molecule has 1 saturated heterocycles. The van der Waals surface area contributed by atoms with Gasteiger partial charge in [-0.15, -0.1) is 24.8 Å². The summed E-state index contributed by atoms with van der Waals surface area (Å²) in [6.07, 6.45) is 2.38. The van der Waals surface area contributed by atoms with Crippen molar-refractivity contribution >= 4 is 58.4 Å². The number of rotatable bonds is 3. The highest BCUT2D eigenvalue weighted by molar-refractivity contribution is 7.17. The zero-order valence-electron chi connectivity index (χ0n) is 12.7. The number of nitrogens with zero attached hydrogens (tertiary/aromatic N) is 2. The van der Waals surface area contributed by atoms with E-state index in [0.29, 0.717) is 21.8 Å². The van der Waals surface area contributed by atoms with Crippen LogP contribution < -0.4 is 16.4 Å². The van der Waals surface area contributed by atoms with Gasteiger partial charge < -0.3 is 16.4 Å². The van der Waals surface area contributed by atoms with E-state index in [1.807, 2.05) is 6.92 Å². The van der Waals surface area contributed by atoms with Crippen LogP contribution in [0.2, 0.25) is 0 Å². The maximum absolute atomic E-state index is 12.6. The fourth-order valence-electron chi connectivity index (χ4n) is 2.48. The minimum atomic E-state index is -0.0397. The van der Waals surface area contributed by atoms with E-state index in [2.05, 4.69) is 9.88 Å². The van der Waals surface area contributed by atoms with Crippen LogP contribution in [-0.2, 0) is 0 Å². The van der Waals surface area contributed by atoms with Crippen LogP contribution in [0.4, 0.5) is 16.5 Å². The zero-order chi connectivity index (χ0) is 15.0. The monoisotopic (exact) mass is 374 g/mol. The zero-order valence-corrected chi connectivity index (χ0v) is 15.2. The molecule has 1 fully saturated rings. The van der Waals surface area contributed by atoms with Gasteiger partial charge in [-0.2, -0.15) is 0 Å². The van der Waals surface area contributed by atoms with Gasteiger partial charge in [0.2, 0.25) is 5.78 Å². The Bertz CT molecular complexity index is 699. The molecule has 2 aromatic rings. The normalized spacial score (nSPS) is 13.3. The molecule has 0 bridgehead atoms. The number of nitrogens with two attached hydrogens (primary N) is 2. The van der Waals surface area contributed by atoms with Crippen molar-refractivity contribution in [1.29, 1.82) is 0 Å². The van der Waals surface area contributed by atoms with Gasteiger partial charge >= 0.3 is 0 Å². The number of carbonyl (C=O) groups is 1. The summed E-state index contributed by atoms with van der Waals surface area (Å²) in [6, 6.07) is 5.01. The van der Waals surface area contributed by atoms with Crippen LogP contribution in [0.5, 0.6) is 0 Å². The Morgan fingerprint density at radius 2 is 1.83 bits per heavy atom. The largest absolute Gasteiger partial charge is 0.397 e. The van der Waals surface area contributed by atoms with Crippen LogP contribution in [0.15, 0.2) is 18.2 Å². The molecule has 1 aliphatic heterocycles. The molecule has 0 unspecified atom stereocenters. The number of hydrogen-bond acceptors (Lipinski definition) is 6. The summed E-state index contributed by atoms with van der Waals surface area (Å²) in [7, 11) is 0. The van der Waals surface area contributed by atoms with Gasteiger partial charge in [-0.3, -0.25) is 4.79 Å². The van der Waals surface area contributed by atoms with E-state index in [0.717, 1.165) is 23.9 Å². The predicted octanol–water partition coefficient (Wildman–Crippen LogP) is 3.29. The maximum atomic E-state index is 12.6. The molecule has 1 aromatic carbocycles. The standard InChI is InChI=1S/C15H18N4OS.2ClH/c1-9-14(21-15(18-9)19-6-2-3-7-19)13(20)10-4-5-11(16)12(17)8-10;;/h4-5,8H,2-3,6-7,16-17H2,1H3;2*1H. The van der Waals surface area contributed by atoms with E-state index in [-0.39, 0.29) is 30.6 Å². The Morgan fingerprint density at radius 3 is 2.43 bits per heavy atom. The lowest BCUT2D eigenvalue weighted by molar-refractivity contribution is 0.104. The molecule has 2 heterocycles. The fourth-order valence-corrected chi connectivity index (χ4v) is 3.56. The number of thiazole rings is 1. The van der Waals surface area contributed by atoms with Crippen molar-refractivity contribution in [3.8, 4) is 0 Å². The molecule has 3 rings (SSSR count). The molecule has 0 spiro atoms. The molecule has 1 aromatic heterocycles. The third kappa shape index (κ3) is 3.88. The molecule has 126 valence electrons. The molecule has 0 aliphatic carbocycles. The van der Waals surface area contributed by atoms with Crippen LogP contribution >= 0.6 is 36.2 Å². The number of halogens is 2. The minimum Gasteiger partial charge on any atom is -0.397 e. The van der Waals surface area contributed by atoms with E-state index in [1.54, 1.807) is 18.2 Å². The quantitative estimate of drug-likeness (QED) is 0.635. The van der Waals surface area contributed by atoms with E-state index >= 15 is 0 Å². The first-order chi connectivity index (χ1) is 10.1. The lowest BCUT2D eigenvalue weighted by atomic mass is 10.1. The van der Waals surface area contributed by atoms with Gasteiger partial charge in [-0.1, -0.05) is 11.3 Å². The smallest absolute Gasteiger partial charge is 0.205 e. The van der Waals surface area contributed by atoms with Crippen molar-refractivity contribution in [2.45, 2.75) is 19.8 Å². The predicted molar refractivity (Wildman–Crippen MR) is 101 cm³/mol. The molecule has 0 atom stereocenters. The van der Waals surface area contributed by atoms with Gasteiger partial charge in [0.05, 0.1) is 21.9 Å². The second-order valence-corrected chi connectivity index (χ2v) is 6.26. The molecule has 8 heteroatoms. The van der Waals surface area contributed by atoms with E-state index < -0.39 is 0 Å². The Hall–Kier alpha value is -1.50. The summed E-state index contributed by atoms with van der Waals surface area (Å²) in [5.74, 6) is -0.0397. The first-order valence-electron chi connectivity index (χ1n) is 6.98. The van der Waals surface area contributed by atoms with Gasteiger partial charge in [0, 0.05) is 18.7 Å². The Labute approximate surface area is 151 Å². The molecule has 1 aliphatic rings. The van der Waals surface area contributed by atoms with Gasteiger partial charge in [-0.25, -0.2) is 4.98 Å². The summed E-state index contributed by atoms with van der Waals surface area (Å²) < 4.78 is 0. The highest BCUT2D eigenvalue weighted by Gasteiger charge is 2.22. The number of anilines is 3. The lowest BCUT2D eigenvalue weighted by Crippen LogP contribution is -2.17. The minimum absolute atomic E-state index is 0. The number of ketones is 1. The number of aryl methyl sites for hydroxylation is 1. The maximum Gasteiger partial charge on any atom is 0.205 e. The molecular weight excluding hydrogens is 355 g/mol. The average molecular weight is 375 g/mol. The number of aromatic nitrogens is 1. The Kier molecular flexibility index (Phi) is 6.68. The van der Waals surface area contributed by atoms with Crippen molar-refractivity contribution in [1.82, 2.24) is 4.98 Å². The van der Waals surface area contributed by atoms with Crippen LogP contribution in [0.3, 0.4) is 0 Å². The highest BCUT2D eigenvalue weighted by Crippen LogP contribution is 2.30. The number of carbonyl (C=O) groups excluding carboxylic acids is 1. The van der Waals surface area contributed by atoms with Crippen molar-refractivity contribution in [3.63, 3.8) is 0 Å². The Morgan fingerprint density at radius 1 is 1.17 bits per heavy atom. The fraction of sp³-hybridized carbons (Fsp3) is 0.333. The lowest BCUT2D eigenvalue weighted by Gasteiger charge is -2.12. The summed E-state index contributed by atoms with van der Waals surface area (Å²) >= 11 is 1.46. The SMILES string of the molecule is Cc1nc(N2CCCC2)sc1C(=O)c1ccc(N)c(N)c1.Cl.Cl. The first-order valence-corrected chi connectivity index (χ1v) is 7.80. The van der Waals surface area contributed by atoms with Gasteiger partial charge in [0.25, 0.3) is 0 Å². The summed E-state index contributed by atoms with van der Waals surface area (Å²) in [6.45, 7) is 3.93. The number of hydrogen-bond donors (Lipinski definition) is 2. The van der Waals surface area contributed by atoms with Crippen molar-refractivity contribution in [2.24, 2.45) is 0 Å². The van der Waals surface area contributed by atoms with Crippen molar-refractivity contribution in [3.05, 3.63) is 34.3 Å². The highest BCUT2D eigenvalue weighted by atomic mass is 35.5. The topological polar surface area (TPSA) is 85.2 Å². The van der Waals surface area contributed by atoms with Gasteiger partial charge in [0.1, 0.15) is 0 Å². The summed E-state index contributed by atoms with van der Waals surface area (Å²) in [5, 5.41) is 0.941. The third-order valence-electron chi connectivity index (χ3n) is 3.72. The first kappa shape index (κ1) is 19.5. The van der Waals surface area contributed by atoms with Gasteiger partial charge in [0.15, 0.2) is 5.13 Å². The van der Waals surface area contributed by atoms with Gasteiger partial charge in [-0.05, 0) is 38.0 Å². The number of nitrogen functional groups attached to an aromatic ring is 2. The molecule has 5 nitrogen and oxygen atoms in total. The van der Waals surface area contributed by atoms with Crippen LogP contribution in [0.1, 0.15) is 33.8 Å². The van der Waals surface area contributed by atoms with Crippen molar-refractivity contribution in [2.75, 3.05) is 29.5 Å². The second kappa shape index (κ2) is 7.86. The summed E-state index contributed by atoms with van der Waals surface area (Å²) in [4.78, 5) is 20.1. The van der Waals surface area contributed by atoms with E-state index in [4.69, 9.17) is 11.5 Å². The van der Waals surface area contributed by atoms with Crippen LogP contribution in [0.25, 0.3) is 0 Å². The Balaban J connectivity index is 0.00000132. The molecule has 4 N–H and O–H groups in total. The third-order valence-corrected chi connectivity index (χ3v) is 4.93. The summed E-state index contributed by atoms with van der Waals surface area (Å²) in [5.41, 5.74) is 13.7. The molecule has 0 saturated carbocycles. The van der Waals surface area contributed by atoms with Crippen molar-refractivity contribution < 1.29 is 4.79 Å². The van der Waals surface area contributed by atoms with Crippen LogP contribution in [-0.4, -0.2) is 23.9 Å². The molecule has 23 heavy (non-hydrogen) atoms. The van der Waals surface area contributed by atoms with E-state index in [9.17, 15) is 4.79 Å². The molecule has 0 radical (unpaired) electrons.